The highest BCUT2D eigenvalue weighted by molar-refractivity contribution is 5.95. The first-order valence-corrected chi connectivity index (χ1v) is 7.67. The summed E-state index contributed by atoms with van der Waals surface area (Å²) in [6.07, 6.45) is 0.730. The minimum absolute atomic E-state index is 0.0237. The van der Waals surface area contributed by atoms with Crippen LogP contribution in [0.15, 0.2) is 24.3 Å². The molecule has 6 heteroatoms. The van der Waals surface area contributed by atoms with Crippen LogP contribution in [0.2, 0.25) is 0 Å². The molecular weight excluding hydrogens is 280 g/mol. The maximum atomic E-state index is 12.5. The molecule has 3 N–H and O–H groups in total. The molecule has 0 bridgehead atoms. The number of amides is 2. The average molecular weight is 304 g/mol. The third kappa shape index (κ3) is 3.98. The Labute approximate surface area is 131 Å². The van der Waals surface area contributed by atoms with E-state index >= 15 is 0 Å². The standard InChI is InChI=1S/C16H24N4O2/c1-3-15(20-9-7-19(8-10-20)12(2)21)16(22)18-14-6-4-5-13(17)11-14/h4-6,11,15H,3,7-10,17H2,1-2H3,(H,18,22). The first-order valence-electron chi connectivity index (χ1n) is 7.67. The largest absolute Gasteiger partial charge is 0.399 e. The van der Waals surface area contributed by atoms with Gasteiger partial charge in [-0.25, -0.2) is 0 Å². The van der Waals surface area contributed by atoms with E-state index in [1.165, 1.54) is 0 Å². The Morgan fingerprint density at radius 1 is 1.27 bits per heavy atom. The van der Waals surface area contributed by atoms with Crippen LogP contribution in [0.4, 0.5) is 11.4 Å². The van der Waals surface area contributed by atoms with Crippen molar-refractivity contribution in [3.63, 3.8) is 0 Å². The second-order valence-electron chi connectivity index (χ2n) is 5.58. The topological polar surface area (TPSA) is 78.7 Å². The molecule has 1 aromatic carbocycles. The first kappa shape index (κ1) is 16.3. The van der Waals surface area contributed by atoms with Gasteiger partial charge in [0.2, 0.25) is 11.8 Å². The Morgan fingerprint density at radius 2 is 1.95 bits per heavy atom. The number of hydrogen-bond donors (Lipinski definition) is 2. The Kier molecular flexibility index (Phi) is 5.38. The average Bonchev–Trinajstić information content (AvgIpc) is 2.48. The highest BCUT2D eigenvalue weighted by Crippen LogP contribution is 2.15. The fraction of sp³-hybridized carbons (Fsp3) is 0.500. The molecule has 0 spiro atoms. The molecule has 1 atom stereocenters. The Balaban J connectivity index is 1.96. The van der Waals surface area contributed by atoms with Crippen molar-refractivity contribution in [2.75, 3.05) is 37.2 Å². The van der Waals surface area contributed by atoms with Gasteiger partial charge in [0.25, 0.3) is 0 Å². The molecule has 0 radical (unpaired) electrons. The van der Waals surface area contributed by atoms with Gasteiger partial charge in [-0.1, -0.05) is 13.0 Å². The number of anilines is 2. The highest BCUT2D eigenvalue weighted by Gasteiger charge is 2.28. The monoisotopic (exact) mass is 304 g/mol. The predicted octanol–water partition coefficient (Wildman–Crippen LogP) is 1.15. The molecule has 120 valence electrons. The minimum Gasteiger partial charge on any atom is -0.399 e. The molecule has 1 heterocycles. The van der Waals surface area contributed by atoms with Crippen LogP contribution in [0.5, 0.6) is 0 Å². The second kappa shape index (κ2) is 7.26. The lowest BCUT2D eigenvalue weighted by atomic mass is 10.1. The van der Waals surface area contributed by atoms with Gasteiger partial charge in [0.1, 0.15) is 0 Å². The summed E-state index contributed by atoms with van der Waals surface area (Å²) in [4.78, 5) is 27.8. The van der Waals surface area contributed by atoms with Crippen LogP contribution >= 0.6 is 0 Å². The molecule has 2 rings (SSSR count). The lowest BCUT2D eigenvalue weighted by Crippen LogP contribution is -2.54. The van der Waals surface area contributed by atoms with E-state index in [2.05, 4.69) is 10.2 Å². The summed E-state index contributed by atoms with van der Waals surface area (Å²) in [5.74, 6) is 0.0706. The number of rotatable bonds is 4. The first-order chi connectivity index (χ1) is 10.5. The number of benzene rings is 1. The fourth-order valence-electron chi connectivity index (χ4n) is 2.80. The smallest absolute Gasteiger partial charge is 0.241 e. The summed E-state index contributed by atoms with van der Waals surface area (Å²) in [6, 6.07) is 6.99. The van der Waals surface area contributed by atoms with Gasteiger partial charge in [0, 0.05) is 44.5 Å². The number of nitrogens with zero attached hydrogens (tertiary/aromatic N) is 2. The Hall–Kier alpha value is -2.08. The van der Waals surface area contributed by atoms with Gasteiger partial charge in [0.05, 0.1) is 6.04 Å². The van der Waals surface area contributed by atoms with Crippen molar-refractivity contribution in [3.8, 4) is 0 Å². The number of carbonyl (C=O) groups excluding carboxylic acids is 2. The van der Waals surface area contributed by atoms with Crippen molar-refractivity contribution < 1.29 is 9.59 Å². The summed E-state index contributed by atoms with van der Waals surface area (Å²) in [5.41, 5.74) is 7.07. The van der Waals surface area contributed by atoms with E-state index in [-0.39, 0.29) is 17.9 Å². The summed E-state index contributed by atoms with van der Waals surface area (Å²) in [7, 11) is 0. The van der Waals surface area contributed by atoms with Crippen LogP contribution < -0.4 is 11.1 Å². The molecule has 1 saturated heterocycles. The number of nitrogen functional groups attached to an aromatic ring is 1. The van der Waals surface area contributed by atoms with E-state index in [0.29, 0.717) is 24.5 Å². The molecule has 1 unspecified atom stereocenters. The second-order valence-corrected chi connectivity index (χ2v) is 5.58. The number of nitrogens with two attached hydrogens (primary N) is 1. The van der Waals surface area contributed by atoms with Crippen LogP contribution in [0.1, 0.15) is 20.3 Å². The van der Waals surface area contributed by atoms with Crippen LogP contribution in [-0.2, 0) is 9.59 Å². The highest BCUT2D eigenvalue weighted by atomic mass is 16.2. The summed E-state index contributed by atoms with van der Waals surface area (Å²) < 4.78 is 0. The Bertz CT molecular complexity index is 539. The molecule has 1 aliphatic rings. The molecule has 1 aliphatic heterocycles. The van der Waals surface area contributed by atoms with Crippen LogP contribution in [0.25, 0.3) is 0 Å². The maximum absolute atomic E-state index is 12.5. The number of hydrogen-bond acceptors (Lipinski definition) is 4. The van der Waals surface area contributed by atoms with Crippen molar-refractivity contribution in [2.45, 2.75) is 26.3 Å². The van der Waals surface area contributed by atoms with Crippen LogP contribution in [0.3, 0.4) is 0 Å². The number of nitrogens with one attached hydrogen (secondary N) is 1. The maximum Gasteiger partial charge on any atom is 0.241 e. The normalized spacial score (nSPS) is 17.1. The van der Waals surface area contributed by atoms with Gasteiger partial charge in [-0.15, -0.1) is 0 Å². The molecule has 6 nitrogen and oxygen atoms in total. The van der Waals surface area contributed by atoms with Gasteiger partial charge in [-0.2, -0.15) is 0 Å². The molecule has 0 saturated carbocycles. The van der Waals surface area contributed by atoms with E-state index in [9.17, 15) is 9.59 Å². The SMILES string of the molecule is CCC(C(=O)Nc1cccc(N)c1)N1CCN(C(C)=O)CC1. The molecule has 22 heavy (non-hydrogen) atoms. The molecule has 0 aromatic heterocycles. The van der Waals surface area contributed by atoms with Gasteiger partial charge >= 0.3 is 0 Å². The van der Waals surface area contributed by atoms with Crippen molar-refractivity contribution in [1.82, 2.24) is 9.80 Å². The predicted molar refractivity (Wildman–Crippen MR) is 87.4 cm³/mol. The van der Waals surface area contributed by atoms with E-state index in [1.807, 2.05) is 24.0 Å². The van der Waals surface area contributed by atoms with Gasteiger partial charge in [-0.05, 0) is 24.6 Å². The summed E-state index contributed by atoms with van der Waals surface area (Å²) >= 11 is 0. The zero-order valence-electron chi connectivity index (χ0n) is 13.2. The van der Waals surface area contributed by atoms with Gasteiger partial charge in [-0.3, -0.25) is 14.5 Å². The molecule has 1 aromatic rings. The van der Waals surface area contributed by atoms with Crippen molar-refractivity contribution in [2.24, 2.45) is 0 Å². The van der Waals surface area contributed by atoms with E-state index in [1.54, 1.807) is 19.1 Å². The third-order valence-corrected chi connectivity index (χ3v) is 4.04. The zero-order chi connectivity index (χ0) is 16.1. The minimum atomic E-state index is -0.185. The lowest BCUT2D eigenvalue weighted by Gasteiger charge is -2.38. The Morgan fingerprint density at radius 3 is 2.50 bits per heavy atom. The van der Waals surface area contributed by atoms with E-state index in [0.717, 1.165) is 19.5 Å². The number of carbonyl (C=O) groups is 2. The summed E-state index contributed by atoms with van der Waals surface area (Å²) in [6.45, 7) is 6.39. The third-order valence-electron chi connectivity index (χ3n) is 4.04. The van der Waals surface area contributed by atoms with Gasteiger partial charge in [0.15, 0.2) is 0 Å². The molecule has 1 fully saturated rings. The van der Waals surface area contributed by atoms with Gasteiger partial charge < -0.3 is 16.0 Å². The van der Waals surface area contributed by atoms with E-state index in [4.69, 9.17) is 5.73 Å². The van der Waals surface area contributed by atoms with Crippen molar-refractivity contribution >= 4 is 23.2 Å². The van der Waals surface area contributed by atoms with Crippen LogP contribution in [0, 0.1) is 0 Å². The van der Waals surface area contributed by atoms with E-state index < -0.39 is 0 Å². The van der Waals surface area contributed by atoms with Crippen molar-refractivity contribution in [3.05, 3.63) is 24.3 Å². The molecule has 0 aliphatic carbocycles. The van der Waals surface area contributed by atoms with Crippen molar-refractivity contribution in [1.29, 1.82) is 0 Å². The van der Waals surface area contributed by atoms with Crippen LogP contribution in [-0.4, -0.2) is 53.8 Å². The lowest BCUT2D eigenvalue weighted by molar-refractivity contribution is -0.131. The zero-order valence-corrected chi connectivity index (χ0v) is 13.2. The molecular formula is C16H24N4O2. The fourth-order valence-corrected chi connectivity index (χ4v) is 2.80. The summed E-state index contributed by atoms with van der Waals surface area (Å²) in [5, 5.41) is 2.92. The number of piperazine rings is 1. The quantitative estimate of drug-likeness (QED) is 0.818. The molecule has 2 amide bonds.